The van der Waals surface area contributed by atoms with Crippen LogP contribution >= 0.6 is 0 Å². The zero-order valence-electron chi connectivity index (χ0n) is 12.1. The van der Waals surface area contributed by atoms with Crippen LogP contribution in [0.15, 0.2) is 0 Å². The highest BCUT2D eigenvalue weighted by atomic mass is 14.7. The van der Waals surface area contributed by atoms with Crippen LogP contribution in [0.5, 0.6) is 0 Å². The molecular formula is C17H30. The van der Waals surface area contributed by atoms with Crippen molar-refractivity contribution in [3.05, 3.63) is 0 Å². The van der Waals surface area contributed by atoms with Crippen LogP contribution in [-0.4, -0.2) is 0 Å². The van der Waals surface area contributed by atoms with Crippen LogP contribution in [0.25, 0.3) is 0 Å². The lowest BCUT2D eigenvalue weighted by Gasteiger charge is -2.57. The second kappa shape index (κ2) is 3.75. The summed E-state index contributed by atoms with van der Waals surface area (Å²) in [5.74, 6) is 1.08. The van der Waals surface area contributed by atoms with Crippen molar-refractivity contribution < 1.29 is 0 Å². The summed E-state index contributed by atoms with van der Waals surface area (Å²) >= 11 is 0. The van der Waals surface area contributed by atoms with Crippen molar-refractivity contribution in [3.8, 4) is 0 Å². The summed E-state index contributed by atoms with van der Waals surface area (Å²) in [6, 6.07) is 0. The molecule has 0 radical (unpaired) electrons. The number of fused-ring (bicyclic) bond motifs is 2. The maximum Gasteiger partial charge on any atom is -0.0187 e. The van der Waals surface area contributed by atoms with Crippen LogP contribution in [0, 0.1) is 22.2 Å². The first-order valence-corrected chi connectivity index (χ1v) is 8.05. The normalized spacial score (nSPS) is 42.9. The predicted molar refractivity (Wildman–Crippen MR) is 74.0 cm³/mol. The van der Waals surface area contributed by atoms with Gasteiger partial charge in [0.15, 0.2) is 0 Å². The van der Waals surface area contributed by atoms with E-state index >= 15 is 0 Å². The maximum absolute atomic E-state index is 2.60. The summed E-state index contributed by atoms with van der Waals surface area (Å²) in [6.07, 6.45) is 15.3. The smallest absolute Gasteiger partial charge is 0.0187 e. The topological polar surface area (TPSA) is 0 Å². The Balaban J connectivity index is 1.99. The molecule has 0 spiro atoms. The van der Waals surface area contributed by atoms with Gasteiger partial charge in [0.25, 0.3) is 0 Å². The first-order valence-electron chi connectivity index (χ1n) is 8.05. The number of hydrogen-bond acceptors (Lipinski definition) is 0. The molecule has 2 unspecified atom stereocenters. The van der Waals surface area contributed by atoms with Gasteiger partial charge in [0, 0.05) is 0 Å². The van der Waals surface area contributed by atoms with Crippen molar-refractivity contribution in [1.29, 1.82) is 0 Å². The summed E-state index contributed by atoms with van der Waals surface area (Å²) < 4.78 is 0. The zero-order chi connectivity index (χ0) is 12.1. The first-order chi connectivity index (χ1) is 8.05. The van der Waals surface area contributed by atoms with Gasteiger partial charge in [0.2, 0.25) is 0 Å². The SMILES string of the molecule is CCC1(C23CCC(CC2(C)C)C3)CCCCC1. The highest BCUT2D eigenvalue weighted by Crippen LogP contribution is 2.74. The average Bonchev–Trinajstić information content (AvgIpc) is 2.85. The third-order valence-electron chi connectivity index (χ3n) is 7.21. The number of hydrogen-bond donors (Lipinski definition) is 0. The van der Waals surface area contributed by atoms with E-state index in [2.05, 4.69) is 20.8 Å². The molecule has 0 heteroatoms. The van der Waals surface area contributed by atoms with Crippen LogP contribution in [0.1, 0.15) is 85.0 Å². The molecule has 3 saturated carbocycles. The van der Waals surface area contributed by atoms with Crippen molar-refractivity contribution in [3.63, 3.8) is 0 Å². The molecule has 3 fully saturated rings. The van der Waals surface area contributed by atoms with E-state index in [1.807, 2.05) is 0 Å². The molecular weight excluding hydrogens is 204 g/mol. The third kappa shape index (κ3) is 1.42. The fourth-order valence-electron chi connectivity index (χ4n) is 6.45. The van der Waals surface area contributed by atoms with Crippen LogP contribution in [0.4, 0.5) is 0 Å². The van der Waals surface area contributed by atoms with Gasteiger partial charge in [0.05, 0.1) is 0 Å². The highest BCUT2D eigenvalue weighted by molar-refractivity contribution is 5.14. The van der Waals surface area contributed by atoms with Crippen LogP contribution in [-0.2, 0) is 0 Å². The molecule has 17 heavy (non-hydrogen) atoms. The molecule has 0 aromatic carbocycles. The number of rotatable bonds is 2. The second-order valence-electron chi connectivity index (χ2n) is 7.97. The molecule has 0 amide bonds. The van der Waals surface area contributed by atoms with E-state index < -0.39 is 0 Å². The summed E-state index contributed by atoms with van der Waals surface area (Å²) in [5, 5.41) is 0. The molecule has 98 valence electrons. The van der Waals surface area contributed by atoms with Crippen LogP contribution < -0.4 is 0 Å². The van der Waals surface area contributed by atoms with Gasteiger partial charge in [0.1, 0.15) is 0 Å². The van der Waals surface area contributed by atoms with E-state index in [0.29, 0.717) is 5.41 Å². The van der Waals surface area contributed by atoms with E-state index in [1.54, 1.807) is 32.1 Å². The van der Waals surface area contributed by atoms with Gasteiger partial charge in [-0.15, -0.1) is 0 Å². The Morgan fingerprint density at radius 3 is 2.12 bits per heavy atom. The summed E-state index contributed by atoms with van der Waals surface area (Å²) in [7, 11) is 0. The quantitative estimate of drug-likeness (QED) is 0.586. The van der Waals surface area contributed by atoms with E-state index in [1.165, 1.54) is 32.1 Å². The lowest BCUT2D eigenvalue weighted by molar-refractivity contribution is -0.0802. The second-order valence-corrected chi connectivity index (χ2v) is 7.97. The van der Waals surface area contributed by atoms with Gasteiger partial charge in [-0.05, 0) is 67.1 Å². The first kappa shape index (κ1) is 12.1. The molecule has 2 atom stereocenters. The summed E-state index contributed by atoms with van der Waals surface area (Å²) in [5.41, 5.74) is 2.07. The molecule has 0 saturated heterocycles. The minimum atomic E-state index is 0.628. The fourth-order valence-corrected chi connectivity index (χ4v) is 6.45. The molecule has 0 aromatic heterocycles. The van der Waals surface area contributed by atoms with Gasteiger partial charge in [-0.1, -0.05) is 40.0 Å². The largest absolute Gasteiger partial charge is 0.0648 e. The average molecular weight is 234 g/mol. The minimum Gasteiger partial charge on any atom is -0.0648 e. The molecule has 3 rings (SSSR count). The summed E-state index contributed by atoms with van der Waals surface area (Å²) in [4.78, 5) is 0. The van der Waals surface area contributed by atoms with Gasteiger partial charge in [-0.2, -0.15) is 0 Å². The zero-order valence-corrected chi connectivity index (χ0v) is 12.1. The van der Waals surface area contributed by atoms with Crippen molar-refractivity contribution in [2.24, 2.45) is 22.2 Å². The predicted octanol–water partition coefficient (Wildman–Crippen LogP) is 5.56. The van der Waals surface area contributed by atoms with E-state index in [9.17, 15) is 0 Å². The van der Waals surface area contributed by atoms with Gasteiger partial charge >= 0.3 is 0 Å². The van der Waals surface area contributed by atoms with E-state index in [4.69, 9.17) is 0 Å². The van der Waals surface area contributed by atoms with Crippen LogP contribution in [0.3, 0.4) is 0 Å². The standard InChI is InChI=1S/C17H30/c1-4-16(9-6-5-7-10-16)17-11-8-14(13-17)12-15(17,2)3/h14H,4-13H2,1-3H3. The molecule has 3 aliphatic carbocycles. The molecule has 0 aromatic rings. The van der Waals surface area contributed by atoms with E-state index in [-0.39, 0.29) is 0 Å². The Morgan fingerprint density at radius 1 is 0.941 bits per heavy atom. The Hall–Kier alpha value is 0. The Bertz CT molecular complexity index is 295. The van der Waals surface area contributed by atoms with Gasteiger partial charge < -0.3 is 0 Å². The van der Waals surface area contributed by atoms with E-state index in [0.717, 1.165) is 16.7 Å². The minimum absolute atomic E-state index is 0.628. The molecule has 3 aliphatic rings. The van der Waals surface area contributed by atoms with Gasteiger partial charge in [-0.3, -0.25) is 0 Å². The molecule has 0 N–H and O–H groups in total. The van der Waals surface area contributed by atoms with Gasteiger partial charge in [-0.25, -0.2) is 0 Å². The monoisotopic (exact) mass is 234 g/mol. The molecule has 0 heterocycles. The maximum atomic E-state index is 2.60. The Labute approximate surface area is 108 Å². The van der Waals surface area contributed by atoms with Crippen LogP contribution in [0.2, 0.25) is 0 Å². The van der Waals surface area contributed by atoms with Crippen molar-refractivity contribution in [1.82, 2.24) is 0 Å². The van der Waals surface area contributed by atoms with Crippen molar-refractivity contribution in [2.75, 3.05) is 0 Å². The third-order valence-corrected chi connectivity index (χ3v) is 7.21. The van der Waals surface area contributed by atoms with Crippen molar-refractivity contribution >= 4 is 0 Å². The summed E-state index contributed by atoms with van der Waals surface area (Å²) in [6.45, 7) is 7.68. The van der Waals surface area contributed by atoms with Crippen molar-refractivity contribution in [2.45, 2.75) is 85.0 Å². The molecule has 0 nitrogen and oxygen atoms in total. The Morgan fingerprint density at radius 2 is 1.65 bits per heavy atom. The molecule has 2 bridgehead atoms. The fraction of sp³-hybridized carbons (Fsp3) is 1.00. The lowest BCUT2D eigenvalue weighted by atomic mass is 9.47. The highest BCUT2D eigenvalue weighted by Gasteiger charge is 2.64. The Kier molecular flexibility index (Phi) is 2.66. The lowest BCUT2D eigenvalue weighted by Crippen LogP contribution is -2.49. The molecule has 0 aliphatic heterocycles.